The van der Waals surface area contributed by atoms with Crippen molar-refractivity contribution in [3.63, 3.8) is 0 Å². The van der Waals surface area contributed by atoms with Crippen LogP contribution in [0.1, 0.15) is 30.0 Å². The molecule has 3 aromatic carbocycles. The number of hydrogen-bond acceptors (Lipinski definition) is 2. The van der Waals surface area contributed by atoms with Gasteiger partial charge in [0.2, 0.25) is 0 Å². The topological polar surface area (TPSA) is 21.3 Å². The number of rotatable bonds is 9. The summed E-state index contributed by atoms with van der Waals surface area (Å²) in [5.74, 6) is 0.601. The van der Waals surface area contributed by atoms with E-state index in [2.05, 4.69) is 54.7 Å². The standard InChI is InChI=1S/C24H26FNO/c1-19(10-11-20-6-3-2-4-7-20)26-17-22-8-5-9-24(16-22)27-18-21-12-14-23(25)15-13-21/h2-9,12-16,19,26H,10-11,17-18H2,1H3/t19-/m0/s1. The maximum atomic E-state index is 13.0. The van der Waals surface area contributed by atoms with Crippen LogP contribution in [0.15, 0.2) is 78.9 Å². The molecule has 0 radical (unpaired) electrons. The first-order valence-electron chi connectivity index (χ1n) is 9.42. The molecule has 1 N–H and O–H groups in total. The van der Waals surface area contributed by atoms with Crippen molar-refractivity contribution in [2.75, 3.05) is 0 Å². The van der Waals surface area contributed by atoms with Crippen molar-refractivity contribution in [2.24, 2.45) is 0 Å². The SMILES string of the molecule is C[C@@H](CCc1ccccc1)NCc1cccc(OCc2ccc(F)cc2)c1. The zero-order valence-electron chi connectivity index (χ0n) is 15.7. The van der Waals surface area contributed by atoms with Gasteiger partial charge in [0, 0.05) is 12.6 Å². The maximum Gasteiger partial charge on any atom is 0.123 e. The normalized spacial score (nSPS) is 11.9. The van der Waals surface area contributed by atoms with Crippen molar-refractivity contribution in [3.05, 3.63) is 101 Å². The van der Waals surface area contributed by atoms with Crippen molar-refractivity contribution >= 4 is 0 Å². The number of benzene rings is 3. The van der Waals surface area contributed by atoms with Gasteiger partial charge in [0.25, 0.3) is 0 Å². The number of aryl methyl sites for hydroxylation is 1. The van der Waals surface area contributed by atoms with Gasteiger partial charge in [0.1, 0.15) is 18.2 Å². The third-order valence-corrected chi connectivity index (χ3v) is 4.58. The highest BCUT2D eigenvalue weighted by molar-refractivity contribution is 5.29. The Morgan fingerprint density at radius 2 is 1.59 bits per heavy atom. The summed E-state index contributed by atoms with van der Waals surface area (Å²) < 4.78 is 18.8. The van der Waals surface area contributed by atoms with E-state index in [9.17, 15) is 4.39 Å². The Kier molecular flexibility index (Phi) is 7.00. The van der Waals surface area contributed by atoms with Gasteiger partial charge < -0.3 is 10.1 Å². The van der Waals surface area contributed by atoms with E-state index >= 15 is 0 Å². The molecular weight excluding hydrogens is 337 g/mol. The highest BCUT2D eigenvalue weighted by Gasteiger charge is 2.04. The van der Waals surface area contributed by atoms with Crippen molar-refractivity contribution in [3.8, 4) is 5.75 Å². The van der Waals surface area contributed by atoms with Crippen LogP contribution in [0.5, 0.6) is 5.75 Å². The van der Waals surface area contributed by atoms with Gasteiger partial charge in [-0.05, 0) is 60.7 Å². The minimum Gasteiger partial charge on any atom is -0.489 e. The van der Waals surface area contributed by atoms with Gasteiger partial charge in [-0.2, -0.15) is 0 Å². The molecule has 0 amide bonds. The van der Waals surface area contributed by atoms with E-state index in [0.29, 0.717) is 12.6 Å². The molecule has 0 bridgehead atoms. The van der Waals surface area contributed by atoms with Crippen LogP contribution in [-0.2, 0) is 19.6 Å². The molecule has 3 aromatic rings. The number of hydrogen-bond donors (Lipinski definition) is 1. The second-order valence-electron chi connectivity index (χ2n) is 6.87. The summed E-state index contributed by atoms with van der Waals surface area (Å²) in [6.07, 6.45) is 2.18. The average Bonchev–Trinajstić information content (AvgIpc) is 2.71. The van der Waals surface area contributed by atoms with Gasteiger partial charge in [0.05, 0.1) is 0 Å². The van der Waals surface area contributed by atoms with Crippen LogP contribution >= 0.6 is 0 Å². The molecule has 140 valence electrons. The fraction of sp³-hybridized carbons (Fsp3) is 0.250. The fourth-order valence-electron chi connectivity index (χ4n) is 2.91. The minimum absolute atomic E-state index is 0.229. The lowest BCUT2D eigenvalue weighted by Gasteiger charge is -2.14. The smallest absolute Gasteiger partial charge is 0.123 e. The van der Waals surface area contributed by atoms with E-state index in [1.165, 1.54) is 23.3 Å². The minimum atomic E-state index is -0.229. The van der Waals surface area contributed by atoms with Crippen LogP contribution in [0, 0.1) is 5.82 Å². The third-order valence-electron chi connectivity index (χ3n) is 4.58. The Morgan fingerprint density at radius 3 is 2.37 bits per heavy atom. The van der Waals surface area contributed by atoms with Gasteiger partial charge in [-0.25, -0.2) is 4.39 Å². The molecule has 0 unspecified atom stereocenters. The second-order valence-corrected chi connectivity index (χ2v) is 6.87. The molecule has 0 aliphatic heterocycles. The van der Waals surface area contributed by atoms with E-state index in [0.717, 1.165) is 30.7 Å². The monoisotopic (exact) mass is 363 g/mol. The molecule has 0 saturated carbocycles. The van der Waals surface area contributed by atoms with Gasteiger partial charge in [-0.15, -0.1) is 0 Å². The molecule has 27 heavy (non-hydrogen) atoms. The Labute approximate surface area is 161 Å². The number of ether oxygens (including phenoxy) is 1. The fourth-order valence-corrected chi connectivity index (χ4v) is 2.91. The first-order chi connectivity index (χ1) is 13.2. The maximum absolute atomic E-state index is 13.0. The highest BCUT2D eigenvalue weighted by atomic mass is 19.1. The van der Waals surface area contributed by atoms with E-state index in [-0.39, 0.29) is 5.82 Å². The largest absolute Gasteiger partial charge is 0.489 e. The highest BCUT2D eigenvalue weighted by Crippen LogP contribution is 2.16. The molecule has 0 fully saturated rings. The summed E-state index contributed by atoms with van der Waals surface area (Å²) in [5.41, 5.74) is 3.52. The van der Waals surface area contributed by atoms with E-state index in [4.69, 9.17) is 4.74 Å². The molecule has 0 heterocycles. The molecule has 0 aliphatic carbocycles. The summed E-state index contributed by atoms with van der Waals surface area (Å²) in [6, 6.07) is 25.5. The lowest BCUT2D eigenvalue weighted by molar-refractivity contribution is 0.305. The predicted molar refractivity (Wildman–Crippen MR) is 108 cm³/mol. The Hall–Kier alpha value is -2.65. The van der Waals surface area contributed by atoms with Crippen LogP contribution in [-0.4, -0.2) is 6.04 Å². The van der Waals surface area contributed by atoms with E-state index in [1.807, 2.05) is 12.1 Å². The first kappa shape index (κ1) is 19.1. The zero-order valence-corrected chi connectivity index (χ0v) is 15.7. The number of halogens is 1. The molecule has 0 saturated heterocycles. The van der Waals surface area contributed by atoms with Crippen molar-refractivity contribution in [1.29, 1.82) is 0 Å². The molecular formula is C24H26FNO. The third kappa shape index (κ3) is 6.54. The van der Waals surface area contributed by atoms with Crippen LogP contribution in [0.25, 0.3) is 0 Å². The number of nitrogens with one attached hydrogen (secondary N) is 1. The van der Waals surface area contributed by atoms with Crippen LogP contribution in [0.2, 0.25) is 0 Å². The summed E-state index contributed by atoms with van der Waals surface area (Å²) in [6.45, 7) is 3.46. The Balaban J connectivity index is 1.44. The van der Waals surface area contributed by atoms with Crippen molar-refractivity contribution in [1.82, 2.24) is 5.32 Å². The van der Waals surface area contributed by atoms with Gasteiger partial charge in [0.15, 0.2) is 0 Å². The molecule has 2 nitrogen and oxygen atoms in total. The summed E-state index contributed by atoms with van der Waals surface area (Å²) in [4.78, 5) is 0. The van der Waals surface area contributed by atoms with Gasteiger partial charge in [-0.1, -0.05) is 54.6 Å². The molecule has 0 aliphatic rings. The summed E-state index contributed by atoms with van der Waals surface area (Å²) in [5, 5.41) is 3.58. The van der Waals surface area contributed by atoms with E-state index < -0.39 is 0 Å². The Bertz CT molecular complexity index is 817. The lowest BCUT2D eigenvalue weighted by Crippen LogP contribution is -2.25. The van der Waals surface area contributed by atoms with Crippen LogP contribution in [0.4, 0.5) is 4.39 Å². The van der Waals surface area contributed by atoms with Crippen molar-refractivity contribution in [2.45, 2.75) is 39.0 Å². The van der Waals surface area contributed by atoms with E-state index in [1.54, 1.807) is 12.1 Å². The average molecular weight is 363 g/mol. The lowest BCUT2D eigenvalue weighted by atomic mass is 10.1. The summed E-state index contributed by atoms with van der Waals surface area (Å²) in [7, 11) is 0. The van der Waals surface area contributed by atoms with Crippen LogP contribution in [0.3, 0.4) is 0 Å². The second kappa shape index (κ2) is 9.89. The van der Waals surface area contributed by atoms with Gasteiger partial charge in [-0.3, -0.25) is 0 Å². The quantitative estimate of drug-likeness (QED) is 0.541. The first-order valence-corrected chi connectivity index (χ1v) is 9.42. The van der Waals surface area contributed by atoms with Gasteiger partial charge >= 0.3 is 0 Å². The van der Waals surface area contributed by atoms with Crippen LogP contribution < -0.4 is 10.1 Å². The Morgan fingerprint density at radius 1 is 0.852 bits per heavy atom. The molecule has 0 aromatic heterocycles. The molecule has 3 heteroatoms. The molecule has 3 rings (SSSR count). The predicted octanol–water partition coefficient (Wildman–Crippen LogP) is 5.52. The van der Waals surface area contributed by atoms with Crippen molar-refractivity contribution < 1.29 is 9.13 Å². The zero-order chi connectivity index (χ0) is 18.9. The molecule has 0 spiro atoms. The summed E-state index contributed by atoms with van der Waals surface area (Å²) >= 11 is 0. The molecule has 1 atom stereocenters.